The minimum Gasteiger partial charge on any atom is -0.289 e. The third-order valence-electron chi connectivity index (χ3n) is 1.76. The molecule has 1 atom stereocenters. The van der Waals surface area contributed by atoms with Crippen LogP contribution in [-0.4, -0.2) is 15.7 Å². The first-order chi connectivity index (χ1) is 6.71. The van der Waals surface area contributed by atoms with E-state index < -0.39 is 15.4 Å². The fourth-order valence-corrected chi connectivity index (χ4v) is 2.65. The van der Waals surface area contributed by atoms with Crippen molar-refractivity contribution in [2.75, 3.05) is 0 Å². The fourth-order valence-electron chi connectivity index (χ4n) is 1.20. The van der Waals surface area contributed by atoms with E-state index in [1.165, 1.54) is 0 Å². The normalized spacial score (nSPS) is 16.0. The van der Waals surface area contributed by atoms with Crippen molar-refractivity contribution >= 4 is 15.7 Å². The van der Waals surface area contributed by atoms with Crippen LogP contribution in [0.15, 0.2) is 29.2 Å². The molecule has 0 aliphatic heterocycles. The van der Waals surface area contributed by atoms with Crippen LogP contribution in [0.4, 0.5) is 0 Å². The molecule has 0 aliphatic rings. The molecule has 1 rings (SSSR count). The molecule has 0 amide bonds. The van der Waals surface area contributed by atoms with Gasteiger partial charge in [0.1, 0.15) is 9.80 Å². The first-order valence-corrected chi connectivity index (χ1v) is 6.50. The van der Waals surface area contributed by atoms with Crippen LogP contribution in [0.2, 0.25) is 0 Å². The molecular weight excluding hydrogens is 208 g/mol. The van der Waals surface area contributed by atoms with Crippen molar-refractivity contribution in [2.24, 2.45) is 0 Å². The molecule has 0 fully saturated rings. The Balaban J connectivity index is 3.02. The van der Waals surface area contributed by atoms with E-state index >= 15 is 0 Å². The third-order valence-corrected chi connectivity index (χ3v) is 3.52. The molecule has 0 saturated heterocycles. The lowest BCUT2D eigenvalue weighted by atomic mass is 10.2. The van der Waals surface area contributed by atoms with Crippen LogP contribution < -0.4 is 0 Å². The van der Waals surface area contributed by atoms with E-state index in [2.05, 4.69) is 5.87 Å². The highest BCUT2D eigenvalue weighted by Gasteiger charge is 2.18. The van der Waals surface area contributed by atoms with Gasteiger partial charge in [-0.05, 0) is 45.7 Å². The summed E-state index contributed by atoms with van der Waals surface area (Å²) in [5.41, 5.74) is 0.675. The lowest BCUT2D eigenvalue weighted by molar-refractivity contribution is 0.151. The minimum absolute atomic E-state index is 0.455. The van der Waals surface area contributed by atoms with Gasteiger partial charge in [-0.1, -0.05) is 17.7 Å². The maximum absolute atomic E-state index is 12.2. The molecule has 0 saturated carbocycles. The van der Waals surface area contributed by atoms with Crippen molar-refractivity contribution in [1.82, 2.24) is 0 Å². The van der Waals surface area contributed by atoms with Crippen LogP contribution in [0.3, 0.4) is 0 Å². The average Bonchev–Trinajstić information content (AvgIpc) is 2.00. The SMILES string of the molecule is C=S(=O)(OC(C)(C)C)c1ccc(C)cc1. The van der Waals surface area contributed by atoms with Crippen LogP contribution in [-0.2, 0) is 14.0 Å². The summed E-state index contributed by atoms with van der Waals surface area (Å²) < 4.78 is 17.6. The molecular formula is C12H18O2S. The zero-order valence-electron chi connectivity index (χ0n) is 9.74. The average molecular weight is 226 g/mol. The van der Waals surface area contributed by atoms with Crippen molar-refractivity contribution in [2.45, 2.75) is 38.2 Å². The summed E-state index contributed by atoms with van der Waals surface area (Å²) in [6, 6.07) is 7.42. The minimum atomic E-state index is -2.63. The molecule has 0 N–H and O–H groups in total. The highest BCUT2D eigenvalue weighted by molar-refractivity contribution is 7.96. The highest BCUT2D eigenvalue weighted by atomic mass is 32.2. The first kappa shape index (κ1) is 12.3. The molecule has 0 bridgehead atoms. The van der Waals surface area contributed by atoms with Crippen molar-refractivity contribution in [1.29, 1.82) is 0 Å². The van der Waals surface area contributed by atoms with Crippen LogP contribution >= 0.6 is 0 Å². The standard InChI is InChI=1S/C12H18O2S/c1-10-6-8-11(9-7-10)15(5,13)14-12(2,3)4/h6-9H,5H2,1-4H3. The summed E-state index contributed by atoms with van der Waals surface area (Å²) in [4.78, 5) is 0.642. The molecule has 1 unspecified atom stereocenters. The largest absolute Gasteiger partial charge is 0.289 e. The van der Waals surface area contributed by atoms with Crippen molar-refractivity contribution in [3.63, 3.8) is 0 Å². The highest BCUT2D eigenvalue weighted by Crippen LogP contribution is 2.19. The Morgan fingerprint density at radius 3 is 2.07 bits per heavy atom. The van der Waals surface area contributed by atoms with Crippen molar-refractivity contribution in [3.05, 3.63) is 29.8 Å². The lowest BCUT2D eigenvalue weighted by Crippen LogP contribution is -2.23. The quantitative estimate of drug-likeness (QED) is 0.725. The van der Waals surface area contributed by atoms with Gasteiger partial charge in [0, 0.05) is 0 Å². The zero-order valence-corrected chi connectivity index (χ0v) is 10.6. The van der Waals surface area contributed by atoms with Crippen LogP contribution in [0.5, 0.6) is 0 Å². The van der Waals surface area contributed by atoms with Gasteiger partial charge in [0.2, 0.25) is 0 Å². The van der Waals surface area contributed by atoms with Gasteiger partial charge in [-0.25, -0.2) is 4.21 Å². The Bertz CT molecular complexity index is 422. The number of rotatable bonds is 2. The Hall–Kier alpha value is -0.800. The Kier molecular flexibility index (Phi) is 3.26. The van der Waals surface area contributed by atoms with Gasteiger partial charge in [-0.15, -0.1) is 0 Å². The van der Waals surface area contributed by atoms with E-state index in [4.69, 9.17) is 4.18 Å². The number of benzene rings is 1. The number of aryl methyl sites for hydroxylation is 1. The summed E-state index contributed by atoms with van der Waals surface area (Å²) in [5.74, 6) is 3.66. The second-order valence-electron chi connectivity index (χ2n) is 4.62. The summed E-state index contributed by atoms with van der Waals surface area (Å²) in [7, 11) is -2.63. The molecule has 0 heterocycles. The molecule has 84 valence electrons. The predicted molar refractivity (Wildman–Crippen MR) is 65.5 cm³/mol. The summed E-state index contributed by atoms with van der Waals surface area (Å²) in [5, 5.41) is 0. The van der Waals surface area contributed by atoms with Gasteiger partial charge in [-0.2, -0.15) is 0 Å². The molecule has 1 aromatic rings. The third kappa shape index (κ3) is 3.68. The number of hydrogen-bond acceptors (Lipinski definition) is 2. The van der Waals surface area contributed by atoms with Gasteiger partial charge in [0.25, 0.3) is 0 Å². The first-order valence-electron chi connectivity index (χ1n) is 4.85. The Morgan fingerprint density at radius 1 is 1.20 bits per heavy atom. The second kappa shape index (κ2) is 3.99. The van der Waals surface area contributed by atoms with E-state index in [9.17, 15) is 4.21 Å². The van der Waals surface area contributed by atoms with Crippen molar-refractivity contribution < 1.29 is 8.39 Å². The number of hydrogen-bond donors (Lipinski definition) is 0. The van der Waals surface area contributed by atoms with Gasteiger partial charge in [-0.3, -0.25) is 4.18 Å². The molecule has 0 aliphatic carbocycles. The Morgan fingerprint density at radius 2 is 1.67 bits per heavy atom. The topological polar surface area (TPSA) is 26.3 Å². The molecule has 0 aromatic heterocycles. The summed E-state index contributed by atoms with van der Waals surface area (Å²) in [6.45, 7) is 7.59. The van der Waals surface area contributed by atoms with Gasteiger partial charge >= 0.3 is 0 Å². The van der Waals surface area contributed by atoms with Gasteiger partial charge in [0.15, 0.2) is 0 Å². The van der Waals surface area contributed by atoms with Gasteiger partial charge < -0.3 is 0 Å². The van der Waals surface area contributed by atoms with E-state index in [1.807, 2.05) is 39.8 Å². The Labute approximate surface area is 92.5 Å². The summed E-state index contributed by atoms with van der Waals surface area (Å²) in [6.07, 6.45) is 0. The fraction of sp³-hybridized carbons (Fsp3) is 0.417. The van der Waals surface area contributed by atoms with E-state index in [1.54, 1.807) is 12.1 Å². The zero-order chi connectivity index (χ0) is 11.7. The predicted octanol–water partition coefficient (Wildman–Crippen LogP) is 2.80. The molecule has 15 heavy (non-hydrogen) atoms. The second-order valence-corrected chi connectivity index (χ2v) is 6.49. The monoisotopic (exact) mass is 226 g/mol. The maximum atomic E-state index is 12.2. The molecule has 3 heteroatoms. The maximum Gasteiger partial charge on any atom is 0.107 e. The molecule has 1 aromatic carbocycles. The smallest absolute Gasteiger partial charge is 0.107 e. The summed E-state index contributed by atoms with van der Waals surface area (Å²) >= 11 is 0. The van der Waals surface area contributed by atoms with E-state index in [0.717, 1.165) is 5.56 Å². The molecule has 2 nitrogen and oxygen atoms in total. The lowest BCUT2D eigenvalue weighted by Gasteiger charge is -2.22. The van der Waals surface area contributed by atoms with Crippen LogP contribution in [0, 0.1) is 6.92 Å². The van der Waals surface area contributed by atoms with Crippen LogP contribution in [0.25, 0.3) is 0 Å². The van der Waals surface area contributed by atoms with Gasteiger partial charge in [0.05, 0.1) is 10.5 Å². The van der Waals surface area contributed by atoms with E-state index in [-0.39, 0.29) is 0 Å². The molecule has 0 radical (unpaired) electrons. The van der Waals surface area contributed by atoms with E-state index in [0.29, 0.717) is 4.90 Å². The van der Waals surface area contributed by atoms with Crippen molar-refractivity contribution in [3.8, 4) is 0 Å². The molecule has 0 spiro atoms. The van der Waals surface area contributed by atoms with Crippen LogP contribution in [0.1, 0.15) is 26.3 Å².